The highest BCUT2D eigenvalue weighted by atomic mass is 31.2. The number of hydrogen-bond donors (Lipinski definition) is 3. The van der Waals surface area contributed by atoms with E-state index in [-0.39, 0.29) is 25.7 Å². The predicted molar refractivity (Wildman–Crippen MR) is 417 cm³/mol. The zero-order valence-corrected chi connectivity index (χ0v) is 64.8. The van der Waals surface area contributed by atoms with Gasteiger partial charge in [0.2, 0.25) is 0 Å². The van der Waals surface area contributed by atoms with Crippen LogP contribution in [0.1, 0.15) is 272 Å². The molecule has 0 amide bonds. The Morgan fingerprint density at radius 1 is 0.284 bits per heavy atom. The molecular formula is C83H134O17P2. The molecule has 0 rings (SSSR count). The Morgan fingerprint density at radius 2 is 0.549 bits per heavy atom. The lowest BCUT2D eigenvalue weighted by atomic mass is 10.1. The Morgan fingerprint density at radius 3 is 0.902 bits per heavy atom. The Bertz CT molecular complexity index is 2600. The molecule has 0 heterocycles. The van der Waals surface area contributed by atoms with Crippen molar-refractivity contribution < 1.29 is 80.2 Å². The SMILES string of the molecule is CC/C=C\C/C=C\C/C=C\C/C=C\C/C=C\C/C=C\CCC(=O)OCC(COP(=O)(O)OCC(O)COP(=O)(O)OCC(COC(=O)CCCCC/C=C\C/C=C\C/C=C\C/C=C\C/C=C\CC)OC(=O)CCCCCCC/C=C\CCCC)OC(=O)CCCCCCC/C=C\C/C=C\CCC. The van der Waals surface area contributed by atoms with E-state index < -0.39 is 97.5 Å². The Kier molecular flexibility index (Phi) is 69.7. The van der Waals surface area contributed by atoms with Gasteiger partial charge in [-0.3, -0.25) is 37.3 Å². The second kappa shape index (κ2) is 73.7. The second-order valence-electron chi connectivity index (χ2n) is 24.8. The van der Waals surface area contributed by atoms with Gasteiger partial charge in [-0.25, -0.2) is 9.13 Å². The largest absolute Gasteiger partial charge is 0.472 e. The minimum atomic E-state index is -5.00. The van der Waals surface area contributed by atoms with Crippen LogP contribution in [0, 0.1) is 0 Å². The van der Waals surface area contributed by atoms with Crippen molar-refractivity contribution in [2.24, 2.45) is 0 Å². The molecule has 0 spiro atoms. The van der Waals surface area contributed by atoms with Gasteiger partial charge in [-0.1, -0.05) is 262 Å². The number of phosphoric acid groups is 2. The van der Waals surface area contributed by atoms with Gasteiger partial charge in [0, 0.05) is 25.7 Å². The van der Waals surface area contributed by atoms with Gasteiger partial charge in [-0.15, -0.1) is 0 Å². The lowest BCUT2D eigenvalue weighted by molar-refractivity contribution is -0.161. The molecule has 0 bridgehead atoms. The predicted octanol–water partition coefficient (Wildman–Crippen LogP) is 22.2. The van der Waals surface area contributed by atoms with Gasteiger partial charge in [0.25, 0.3) is 0 Å². The third kappa shape index (κ3) is 72.8. The van der Waals surface area contributed by atoms with Crippen molar-refractivity contribution in [3.8, 4) is 0 Å². The summed E-state index contributed by atoms with van der Waals surface area (Å²) in [7, 11) is -10.00. The van der Waals surface area contributed by atoms with Crippen LogP contribution in [0.15, 0.2) is 170 Å². The second-order valence-corrected chi connectivity index (χ2v) is 27.7. The van der Waals surface area contributed by atoms with E-state index in [0.717, 1.165) is 173 Å². The van der Waals surface area contributed by atoms with Crippen molar-refractivity contribution in [3.63, 3.8) is 0 Å². The van der Waals surface area contributed by atoms with Gasteiger partial charge in [0.05, 0.1) is 26.4 Å². The van der Waals surface area contributed by atoms with Crippen LogP contribution < -0.4 is 0 Å². The summed E-state index contributed by atoms with van der Waals surface area (Å²) in [5, 5.41) is 10.6. The number of esters is 4. The van der Waals surface area contributed by atoms with E-state index in [1.807, 2.05) is 18.2 Å². The normalized spacial score (nSPS) is 14.9. The maximum atomic E-state index is 13.1. The number of unbranched alkanes of at least 4 members (excludes halogenated alkanes) is 16. The fourth-order valence-electron chi connectivity index (χ4n) is 9.35. The van der Waals surface area contributed by atoms with Gasteiger partial charge in [0.1, 0.15) is 19.3 Å². The summed E-state index contributed by atoms with van der Waals surface area (Å²) in [6.07, 6.45) is 86.5. The van der Waals surface area contributed by atoms with Gasteiger partial charge < -0.3 is 33.8 Å². The summed E-state index contributed by atoms with van der Waals surface area (Å²) in [5.41, 5.74) is 0. The van der Waals surface area contributed by atoms with Crippen LogP contribution in [0.3, 0.4) is 0 Å². The number of aliphatic hydroxyl groups is 1. The molecule has 17 nitrogen and oxygen atoms in total. The van der Waals surface area contributed by atoms with E-state index >= 15 is 0 Å². The van der Waals surface area contributed by atoms with Crippen LogP contribution in [-0.2, 0) is 65.4 Å². The third-order valence-electron chi connectivity index (χ3n) is 15.1. The number of carbonyl (C=O) groups excluding carboxylic acids is 4. The molecule has 0 saturated heterocycles. The quantitative estimate of drug-likeness (QED) is 0.0169. The van der Waals surface area contributed by atoms with Gasteiger partial charge in [0.15, 0.2) is 12.2 Å². The van der Waals surface area contributed by atoms with E-state index in [1.165, 1.54) is 12.8 Å². The number of allylic oxidation sites excluding steroid dienone is 28. The molecule has 0 radical (unpaired) electrons. The highest BCUT2D eigenvalue weighted by Crippen LogP contribution is 2.45. The topological polar surface area (TPSA) is 237 Å². The Labute approximate surface area is 616 Å². The molecule has 102 heavy (non-hydrogen) atoms. The van der Waals surface area contributed by atoms with E-state index in [4.69, 9.17) is 37.0 Å². The summed E-state index contributed by atoms with van der Waals surface area (Å²) in [4.78, 5) is 72.8. The molecule has 5 unspecified atom stereocenters. The first-order valence-electron chi connectivity index (χ1n) is 38.4. The first kappa shape index (κ1) is 96.4. The molecule has 0 aliphatic rings. The third-order valence-corrected chi connectivity index (χ3v) is 17.0. The molecular weight excluding hydrogens is 1330 g/mol. The Balaban J connectivity index is 5.42. The minimum Gasteiger partial charge on any atom is -0.462 e. The minimum absolute atomic E-state index is 0.0269. The summed E-state index contributed by atoms with van der Waals surface area (Å²) in [5.74, 6) is -2.35. The zero-order valence-electron chi connectivity index (χ0n) is 63.0. The fourth-order valence-corrected chi connectivity index (χ4v) is 10.9. The molecule has 0 aliphatic carbocycles. The fraction of sp³-hybridized carbons (Fsp3) is 0.614. The summed E-state index contributed by atoms with van der Waals surface area (Å²) in [6, 6.07) is 0. The Hall–Kier alpha value is -5.58. The van der Waals surface area contributed by atoms with Crippen LogP contribution >= 0.6 is 15.6 Å². The van der Waals surface area contributed by atoms with E-state index in [1.54, 1.807) is 0 Å². The van der Waals surface area contributed by atoms with Crippen LogP contribution in [0.5, 0.6) is 0 Å². The molecule has 0 aromatic rings. The molecule has 578 valence electrons. The van der Waals surface area contributed by atoms with Crippen molar-refractivity contribution in [3.05, 3.63) is 170 Å². The monoisotopic (exact) mass is 1460 g/mol. The number of carbonyl (C=O) groups is 4. The molecule has 5 atom stereocenters. The zero-order chi connectivity index (χ0) is 74.6. The van der Waals surface area contributed by atoms with Crippen LogP contribution in [-0.4, -0.2) is 96.7 Å². The first-order valence-corrected chi connectivity index (χ1v) is 41.4. The maximum absolute atomic E-state index is 13.1. The number of ether oxygens (including phenoxy) is 4. The van der Waals surface area contributed by atoms with Crippen molar-refractivity contribution in [1.82, 2.24) is 0 Å². The summed E-state index contributed by atoms with van der Waals surface area (Å²) < 4.78 is 68.3. The lowest BCUT2D eigenvalue weighted by Crippen LogP contribution is -2.30. The number of phosphoric ester groups is 2. The lowest BCUT2D eigenvalue weighted by Gasteiger charge is -2.21. The van der Waals surface area contributed by atoms with Crippen LogP contribution in [0.2, 0.25) is 0 Å². The molecule has 0 aliphatic heterocycles. The standard InChI is InChI=1S/C83H134O17P2/c1-5-9-13-17-21-25-29-32-34-36-38-40-42-45-48-51-55-59-63-67-80(85)93-73-78(99-82(87)69-65-61-57-53-47-28-24-20-16-12-8-4)75-97-101(89,90)95-71-77(84)72-96-102(91,92)98-76-79(100-83(88)70-66-62-58-54-50-44-31-27-23-19-15-11-7-3)74-94-81(86)68-64-60-56-52-49-46-43-41-39-37-35-33-30-26-22-18-14-10-6-2/h9-10,13-15,19-22,24-27,31-35,38-41,45-46,48-49,56,60,77-79,84H,5-8,11-12,16-18,23,28-30,36-37,42-44,47,50-55,57-59,61-76H2,1-4H3,(H,89,90)(H,91,92)/b13-9-,14-10-,19-15-,24-20-,25-21-,26-22-,31-27-,34-32-,35-33-,40-38-,41-39-,48-45-,49-46-,60-56-. The molecule has 0 aromatic carbocycles. The van der Waals surface area contributed by atoms with E-state index in [9.17, 15) is 43.2 Å². The van der Waals surface area contributed by atoms with Crippen molar-refractivity contribution in [2.45, 2.75) is 290 Å². The number of aliphatic hydroxyl groups excluding tert-OH is 1. The summed E-state index contributed by atoms with van der Waals surface area (Å²) in [6.45, 7) is 4.36. The molecule has 3 N–H and O–H groups in total. The molecule has 0 fully saturated rings. The molecule has 0 aromatic heterocycles. The van der Waals surface area contributed by atoms with Gasteiger partial charge >= 0.3 is 39.5 Å². The van der Waals surface area contributed by atoms with Crippen molar-refractivity contribution >= 4 is 39.5 Å². The summed E-state index contributed by atoms with van der Waals surface area (Å²) >= 11 is 0. The first-order chi connectivity index (χ1) is 49.7. The van der Waals surface area contributed by atoms with Crippen LogP contribution in [0.4, 0.5) is 0 Å². The van der Waals surface area contributed by atoms with Crippen LogP contribution in [0.25, 0.3) is 0 Å². The van der Waals surface area contributed by atoms with E-state index in [0.29, 0.717) is 32.1 Å². The van der Waals surface area contributed by atoms with E-state index in [2.05, 4.69) is 180 Å². The molecule has 19 heteroatoms. The highest BCUT2D eigenvalue weighted by Gasteiger charge is 2.30. The maximum Gasteiger partial charge on any atom is 0.472 e. The highest BCUT2D eigenvalue weighted by molar-refractivity contribution is 7.47. The molecule has 0 saturated carbocycles. The smallest absolute Gasteiger partial charge is 0.462 e. The van der Waals surface area contributed by atoms with Gasteiger partial charge in [-0.05, 0) is 154 Å². The average Bonchev–Trinajstić information content (AvgIpc) is 0.907. The van der Waals surface area contributed by atoms with Gasteiger partial charge in [-0.2, -0.15) is 0 Å². The van der Waals surface area contributed by atoms with Crippen molar-refractivity contribution in [1.29, 1.82) is 0 Å². The average molecular weight is 1470 g/mol. The van der Waals surface area contributed by atoms with Crippen molar-refractivity contribution in [2.75, 3.05) is 39.6 Å². The number of hydrogen-bond acceptors (Lipinski definition) is 15. The number of rotatable bonds is 70.